The van der Waals surface area contributed by atoms with Crippen molar-refractivity contribution in [2.24, 2.45) is 0 Å². The third-order valence-corrected chi connectivity index (χ3v) is 3.00. The van der Waals surface area contributed by atoms with Crippen molar-refractivity contribution in [2.45, 2.75) is 32.7 Å². The lowest BCUT2D eigenvalue weighted by Crippen LogP contribution is -2.44. The summed E-state index contributed by atoms with van der Waals surface area (Å²) in [6, 6.07) is 2.83. The third-order valence-electron chi connectivity index (χ3n) is 3.00. The van der Waals surface area contributed by atoms with Crippen LogP contribution in [0.4, 0.5) is 5.82 Å². The average Bonchev–Trinajstić information content (AvgIpc) is 2.49. The maximum Gasteiger partial charge on any atom is 0.325 e. The molecule has 0 saturated heterocycles. The standard InChI is InChI=1S/C15H22N4O4/c1-10-5-7-17-12(8-10)16-6-3-4-13(20)18-9-14(21)19-11(2)15(22)23/h5,7-8,11H,3-4,6,9H2,1-2H3,(H,16,17)(H,18,20)(H,19,21)(H,22,23). The van der Waals surface area contributed by atoms with Crippen LogP contribution >= 0.6 is 0 Å². The summed E-state index contributed by atoms with van der Waals surface area (Å²) >= 11 is 0. The SMILES string of the molecule is Cc1ccnc(NCCCC(=O)NCC(=O)NC(C)C(=O)O)c1. The Morgan fingerprint density at radius 3 is 2.70 bits per heavy atom. The van der Waals surface area contributed by atoms with Gasteiger partial charge in [-0.25, -0.2) is 4.98 Å². The van der Waals surface area contributed by atoms with E-state index in [9.17, 15) is 14.4 Å². The molecule has 0 aliphatic heterocycles. The molecule has 1 heterocycles. The number of aliphatic carboxylic acids is 1. The van der Waals surface area contributed by atoms with E-state index in [0.717, 1.165) is 11.4 Å². The maximum absolute atomic E-state index is 11.6. The van der Waals surface area contributed by atoms with Gasteiger partial charge in [-0.05, 0) is 38.0 Å². The Bertz CT molecular complexity index is 562. The zero-order valence-corrected chi connectivity index (χ0v) is 13.3. The Labute approximate surface area is 134 Å². The smallest absolute Gasteiger partial charge is 0.325 e. The summed E-state index contributed by atoms with van der Waals surface area (Å²) in [5, 5.41) is 16.5. The molecule has 1 rings (SSSR count). The van der Waals surface area contributed by atoms with Gasteiger partial charge in [0.15, 0.2) is 0 Å². The van der Waals surface area contributed by atoms with Gasteiger partial charge in [-0.1, -0.05) is 0 Å². The van der Waals surface area contributed by atoms with Crippen molar-refractivity contribution in [3.8, 4) is 0 Å². The fourth-order valence-electron chi connectivity index (χ4n) is 1.72. The van der Waals surface area contributed by atoms with Crippen molar-refractivity contribution < 1.29 is 19.5 Å². The number of pyridine rings is 1. The van der Waals surface area contributed by atoms with Gasteiger partial charge < -0.3 is 21.1 Å². The molecule has 0 bridgehead atoms. The molecule has 1 unspecified atom stereocenters. The molecule has 23 heavy (non-hydrogen) atoms. The molecule has 1 aromatic rings. The molecule has 0 aliphatic rings. The highest BCUT2D eigenvalue weighted by Crippen LogP contribution is 2.05. The van der Waals surface area contributed by atoms with Crippen LogP contribution in [0.2, 0.25) is 0 Å². The van der Waals surface area contributed by atoms with Crippen LogP contribution in [0.1, 0.15) is 25.3 Å². The van der Waals surface area contributed by atoms with Crippen LogP contribution < -0.4 is 16.0 Å². The monoisotopic (exact) mass is 322 g/mol. The van der Waals surface area contributed by atoms with E-state index in [-0.39, 0.29) is 18.9 Å². The predicted octanol–water partition coefficient (Wildman–Crippen LogP) is 0.288. The highest BCUT2D eigenvalue weighted by molar-refractivity contribution is 5.87. The fourth-order valence-corrected chi connectivity index (χ4v) is 1.72. The molecule has 0 aromatic carbocycles. The fraction of sp³-hybridized carbons (Fsp3) is 0.467. The molecular formula is C15H22N4O4. The summed E-state index contributed by atoms with van der Waals surface area (Å²) < 4.78 is 0. The largest absolute Gasteiger partial charge is 0.480 e. The second-order valence-corrected chi connectivity index (χ2v) is 5.15. The normalized spacial score (nSPS) is 11.4. The number of carbonyl (C=O) groups is 3. The molecule has 126 valence electrons. The van der Waals surface area contributed by atoms with Crippen LogP contribution in [0.15, 0.2) is 18.3 Å². The minimum atomic E-state index is -1.12. The van der Waals surface area contributed by atoms with Gasteiger partial charge >= 0.3 is 5.97 Å². The van der Waals surface area contributed by atoms with E-state index in [0.29, 0.717) is 13.0 Å². The molecule has 8 nitrogen and oxygen atoms in total. The Balaban J connectivity index is 2.15. The minimum absolute atomic E-state index is 0.233. The summed E-state index contributed by atoms with van der Waals surface area (Å²) in [5.74, 6) is -1.16. The lowest BCUT2D eigenvalue weighted by atomic mass is 10.2. The first-order valence-corrected chi connectivity index (χ1v) is 7.34. The van der Waals surface area contributed by atoms with Crippen LogP contribution in [0, 0.1) is 6.92 Å². The molecule has 2 amide bonds. The third kappa shape index (κ3) is 7.79. The molecule has 0 radical (unpaired) electrons. The van der Waals surface area contributed by atoms with E-state index in [1.165, 1.54) is 6.92 Å². The number of carbonyl (C=O) groups excluding carboxylic acids is 2. The first-order valence-electron chi connectivity index (χ1n) is 7.34. The Morgan fingerprint density at radius 1 is 1.30 bits per heavy atom. The zero-order chi connectivity index (χ0) is 17.2. The maximum atomic E-state index is 11.6. The van der Waals surface area contributed by atoms with E-state index >= 15 is 0 Å². The van der Waals surface area contributed by atoms with Crippen LogP contribution in [0.5, 0.6) is 0 Å². The van der Waals surface area contributed by atoms with Crippen molar-refractivity contribution in [3.05, 3.63) is 23.9 Å². The highest BCUT2D eigenvalue weighted by Gasteiger charge is 2.14. The van der Waals surface area contributed by atoms with E-state index in [2.05, 4.69) is 20.9 Å². The van der Waals surface area contributed by atoms with Crippen LogP contribution in [0.3, 0.4) is 0 Å². The van der Waals surface area contributed by atoms with E-state index in [1.807, 2.05) is 19.1 Å². The van der Waals surface area contributed by atoms with Crippen LogP contribution in [0.25, 0.3) is 0 Å². The van der Waals surface area contributed by atoms with Gasteiger partial charge in [0.05, 0.1) is 6.54 Å². The Hall–Kier alpha value is -2.64. The first-order chi connectivity index (χ1) is 10.9. The van der Waals surface area contributed by atoms with E-state index in [1.54, 1.807) is 6.20 Å². The van der Waals surface area contributed by atoms with E-state index in [4.69, 9.17) is 5.11 Å². The van der Waals surface area contributed by atoms with Crippen molar-refractivity contribution in [1.82, 2.24) is 15.6 Å². The van der Waals surface area contributed by atoms with Gasteiger partial charge in [0, 0.05) is 19.2 Å². The molecule has 4 N–H and O–H groups in total. The van der Waals surface area contributed by atoms with Crippen molar-refractivity contribution in [1.29, 1.82) is 0 Å². The topological polar surface area (TPSA) is 120 Å². The van der Waals surface area contributed by atoms with Crippen molar-refractivity contribution in [3.63, 3.8) is 0 Å². The number of nitrogens with zero attached hydrogens (tertiary/aromatic N) is 1. The quantitative estimate of drug-likeness (QED) is 0.485. The van der Waals surface area contributed by atoms with Crippen LogP contribution in [-0.4, -0.2) is 47.0 Å². The summed E-state index contributed by atoms with van der Waals surface area (Å²) in [6.45, 7) is 3.68. The Kier molecular flexibility index (Phi) is 7.52. The molecule has 0 aliphatic carbocycles. The number of nitrogens with one attached hydrogen (secondary N) is 3. The number of hydrogen-bond donors (Lipinski definition) is 4. The lowest BCUT2D eigenvalue weighted by Gasteiger charge is -2.10. The minimum Gasteiger partial charge on any atom is -0.480 e. The number of carboxylic acids is 1. The van der Waals surface area contributed by atoms with Crippen molar-refractivity contribution >= 4 is 23.6 Å². The highest BCUT2D eigenvalue weighted by atomic mass is 16.4. The Morgan fingerprint density at radius 2 is 2.04 bits per heavy atom. The lowest BCUT2D eigenvalue weighted by molar-refractivity contribution is -0.141. The molecule has 0 fully saturated rings. The number of amides is 2. The van der Waals surface area contributed by atoms with Gasteiger partial charge in [-0.3, -0.25) is 14.4 Å². The molecule has 1 aromatic heterocycles. The number of aryl methyl sites for hydroxylation is 1. The number of aromatic nitrogens is 1. The van der Waals surface area contributed by atoms with Gasteiger partial charge in [0.2, 0.25) is 11.8 Å². The number of anilines is 1. The van der Waals surface area contributed by atoms with Gasteiger partial charge in [-0.2, -0.15) is 0 Å². The predicted molar refractivity (Wildman–Crippen MR) is 84.9 cm³/mol. The summed E-state index contributed by atoms with van der Waals surface area (Å²) in [6.07, 6.45) is 2.57. The molecule has 0 saturated carbocycles. The van der Waals surface area contributed by atoms with Gasteiger partial charge in [0.1, 0.15) is 11.9 Å². The number of hydrogen-bond acceptors (Lipinski definition) is 5. The average molecular weight is 322 g/mol. The van der Waals surface area contributed by atoms with Gasteiger partial charge in [-0.15, -0.1) is 0 Å². The number of carboxylic acid groups (broad SMARTS) is 1. The second-order valence-electron chi connectivity index (χ2n) is 5.15. The first kappa shape index (κ1) is 18.4. The molecule has 0 spiro atoms. The summed E-state index contributed by atoms with van der Waals surface area (Å²) in [5.41, 5.74) is 1.10. The molecule has 8 heteroatoms. The second kappa shape index (κ2) is 9.39. The van der Waals surface area contributed by atoms with Crippen LogP contribution in [-0.2, 0) is 14.4 Å². The van der Waals surface area contributed by atoms with Gasteiger partial charge in [0.25, 0.3) is 0 Å². The number of rotatable bonds is 9. The molecular weight excluding hydrogens is 300 g/mol. The molecule has 1 atom stereocenters. The summed E-state index contributed by atoms with van der Waals surface area (Å²) in [4.78, 5) is 37.7. The summed E-state index contributed by atoms with van der Waals surface area (Å²) in [7, 11) is 0. The van der Waals surface area contributed by atoms with E-state index < -0.39 is 17.9 Å². The zero-order valence-electron chi connectivity index (χ0n) is 13.3. The van der Waals surface area contributed by atoms with Crippen molar-refractivity contribution in [2.75, 3.05) is 18.4 Å².